The molecule has 2 aliphatic heterocycles. The average molecular weight is 232 g/mol. The number of fused-ring (bicyclic) bond motifs is 1. The molecule has 0 aliphatic carbocycles. The Morgan fingerprint density at radius 1 is 1.47 bits per heavy atom. The lowest BCUT2D eigenvalue weighted by atomic mass is 10.1. The van der Waals surface area contributed by atoms with Gasteiger partial charge in [-0.1, -0.05) is 12.1 Å². The Labute approximate surface area is 103 Å². The van der Waals surface area contributed by atoms with Crippen LogP contribution in [0.25, 0.3) is 0 Å². The van der Waals surface area contributed by atoms with Gasteiger partial charge in [0.25, 0.3) is 0 Å². The van der Waals surface area contributed by atoms with E-state index in [0.717, 1.165) is 32.8 Å². The minimum absolute atomic E-state index is 0.537. The van der Waals surface area contributed by atoms with Gasteiger partial charge in [-0.25, -0.2) is 0 Å². The molecule has 1 fully saturated rings. The van der Waals surface area contributed by atoms with E-state index in [9.17, 15) is 0 Å². The van der Waals surface area contributed by atoms with E-state index < -0.39 is 0 Å². The summed E-state index contributed by atoms with van der Waals surface area (Å²) in [5.41, 5.74) is 4.23. The zero-order chi connectivity index (χ0) is 11.7. The fraction of sp³-hybridized carbons (Fsp3) is 0.571. The number of hydrogen-bond donors (Lipinski definition) is 1. The van der Waals surface area contributed by atoms with E-state index in [1.807, 2.05) is 0 Å². The van der Waals surface area contributed by atoms with Crippen LogP contribution in [-0.2, 0) is 17.7 Å². The highest BCUT2D eigenvalue weighted by Crippen LogP contribution is 2.24. The van der Waals surface area contributed by atoms with Crippen LogP contribution in [0.15, 0.2) is 18.2 Å². The first-order valence-corrected chi connectivity index (χ1v) is 6.50. The fourth-order valence-electron chi connectivity index (χ4n) is 2.69. The summed E-state index contributed by atoms with van der Waals surface area (Å²) < 4.78 is 5.47. The van der Waals surface area contributed by atoms with Crippen molar-refractivity contribution in [3.05, 3.63) is 29.3 Å². The van der Waals surface area contributed by atoms with Crippen LogP contribution >= 0.6 is 0 Å². The van der Waals surface area contributed by atoms with Gasteiger partial charge in [-0.3, -0.25) is 4.90 Å². The third-order valence-corrected chi connectivity index (χ3v) is 3.77. The van der Waals surface area contributed by atoms with Crippen molar-refractivity contribution < 1.29 is 4.74 Å². The summed E-state index contributed by atoms with van der Waals surface area (Å²) in [6.45, 7) is 7.18. The summed E-state index contributed by atoms with van der Waals surface area (Å²) >= 11 is 0. The second-order valence-electron chi connectivity index (χ2n) is 5.06. The Bertz CT molecular complexity index is 405. The Hall–Kier alpha value is -1.06. The standard InChI is InChI=1S/C14H20N2O/c1-11-10-17-7-6-16(11)9-12-2-3-14-13(8-12)4-5-15-14/h2-3,8,11,15H,4-7,9-10H2,1H3. The molecule has 0 bridgehead atoms. The molecule has 3 heteroatoms. The van der Waals surface area contributed by atoms with Crippen LogP contribution in [0.1, 0.15) is 18.1 Å². The molecule has 2 aliphatic rings. The van der Waals surface area contributed by atoms with Crippen molar-refractivity contribution >= 4 is 5.69 Å². The molecule has 1 aromatic carbocycles. The molecule has 92 valence electrons. The molecule has 17 heavy (non-hydrogen) atoms. The predicted octanol–water partition coefficient (Wildman–Crippen LogP) is 1.88. The lowest BCUT2D eigenvalue weighted by Crippen LogP contribution is -2.42. The smallest absolute Gasteiger partial charge is 0.0619 e. The number of hydrogen-bond acceptors (Lipinski definition) is 3. The molecule has 0 spiro atoms. The monoisotopic (exact) mass is 232 g/mol. The van der Waals surface area contributed by atoms with Crippen molar-refractivity contribution in [1.82, 2.24) is 4.90 Å². The minimum atomic E-state index is 0.537. The summed E-state index contributed by atoms with van der Waals surface area (Å²) in [6, 6.07) is 7.37. The lowest BCUT2D eigenvalue weighted by molar-refractivity contribution is -0.00437. The quantitative estimate of drug-likeness (QED) is 0.842. The second-order valence-corrected chi connectivity index (χ2v) is 5.06. The third kappa shape index (κ3) is 2.31. The van der Waals surface area contributed by atoms with Gasteiger partial charge in [0.1, 0.15) is 0 Å². The Morgan fingerprint density at radius 2 is 2.41 bits per heavy atom. The fourth-order valence-corrected chi connectivity index (χ4v) is 2.69. The van der Waals surface area contributed by atoms with E-state index in [1.54, 1.807) is 0 Å². The summed E-state index contributed by atoms with van der Waals surface area (Å²) in [7, 11) is 0. The van der Waals surface area contributed by atoms with Gasteiger partial charge in [-0.2, -0.15) is 0 Å². The van der Waals surface area contributed by atoms with Crippen LogP contribution in [0.2, 0.25) is 0 Å². The topological polar surface area (TPSA) is 24.5 Å². The maximum absolute atomic E-state index is 5.47. The van der Waals surface area contributed by atoms with E-state index >= 15 is 0 Å². The number of ether oxygens (including phenoxy) is 1. The molecule has 1 atom stereocenters. The van der Waals surface area contributed by atoms with E-state index in [2.05, 4.69) is 35.3 Å². The van der Waals surface area contributed by atoms with Gasteiger partial charge in [0.05, 0.1) is 13.2 Å². The van der Waals surface area contributed by atoms with Crippen LogP contribution in [0.3, 0.4) is 0 Å². The maximum atomic E-state index is 5.47. The van der Waals surface area contributed by atoms with Crippen LogP contribution < -0.4 is 5.32 Å². The van der Waals surface area contributed by atoms with Crippen molar-refractivity contribution in [2.75, 3.05) is 31.6 Å². The highest BCUT2D eigenvalue weighted by Gasteiger charge is 2.19. The van der Waals surface area contributed by atoms with Gasteiger partial charge in [-0.15, -0.1) is 0 Å². The summed E-state index contributed by atoms with van der Waals surface area (Å²) in [5, 5.41) is 3.41. The molecular formula is C14H20N2O. The molecule has 3 rings (SSSR count). The van der Waals surface area contributed by atoms with E-state index in [0.29, 0.717) is 6.04 Å². The van der Waals surface area contributed by atoms with Crippen LogP contribution in [0.5, 0.6) is 0 Å². The van der Waals surface area contributed by atoms with Gasteiger partial charge in [0, 0.05) is 31.4 Å². The Balaban J connectivity index is 1.72. The molecule has 1 unspecified atom stereocenters. The normalized spacial score (nSPS) is 24.4. The number of nitrogens with one attached hydrogen (secondary N) is 1. The molecule has 0 amide bonds. The van der Waals surface area contributed by atoms with Gasteiger partial charge in [0.2, 0.25) is 0 Å². The number of benzene rings is 1. The molecule has 0 saturated carbocycles. The molecule has 1 N–H and O–H groups in total. The van der Waals surface area contributed by atoms with E-state index in [4.69, 9.17) is 4.74 Å². The first-order valence-electron chi connectivity index (χ1n) is 6.50. The Morgan fingerprint density at radius 3 is 3.29 bits per heavy atom. The summed E-state index contributed by atoms with van der Waals surface area (Å²) in [4.78, 5) is 2.51. The first-order chi connectivity index (χ1) is 8.33. The summed E-state index contributed by atoms with van der Waals surface area (Å²) in [6.07, 6.45) is 1.17. The molecule has 0 radical (unpaired) electrons. The van der Waals surface area contributed by atoms with E-state index in [-0.39, 0.29) is 0 Å². The minimum Gasteiger partial charge on any atom is -0.384 e. The molecular weight excluding hydrogens is 212 g/mol. The van der Waals surface area contributed by atoms with Crippen LogP contribution in [-0.4, -0.2) is 37.2 Å². The lowest BCUT2D eigenvalue weighted by Gasteiger charge is -2.33. The van der Waals surface area contributed by atoms with Crippen molar-refractivity contribution in [3.8, 4) is 0 Å². The van der Waals surface area contributed by atoms with Crippen LogP contribution in [0.4, 0.5) is 5.69 Å². The van der Waals surface area contributed by atoms with Crippen LogP contribution in [0, 0.1) is 0 Å². The van der Waals surface area contributed by atoms with Crippen molar-refractivity contribution in [3.63, 3.8) is 0 Å². The largest absolute Gasteiger partial charge is 0.384 e. The number of anilines is 1. The molecule has 2 heterocycles. The zero-order valence-corrected chi connectivity index (χ0v) is 10.4. The highest BCUT2D eigenvalue weighted by molar-refractivity contribution is 5.56. The highest BCUT2D eigenvalue weighted by atomic mass is 16.5. The number of nitrogens with zero attached hydrogens (tertiary/aromatic N) is 1. The number of morpholine rings is 1. The maximum Gasteiger partial charge on any atom is 0.0619 e. The van der Waals surface area contributed by atoms with Gasteiger partial charge < -0.3 is 10.1 Å². The SMILES string of the molecule is CC1COCCN1Cc1ccc2c(c1)CCN2. The number of rotatable bonds is 2. The predicted molar refractivity (Wildman–Crippen MR) is 69.3 cm³/mol. The van der Waals surface area contributed by atoms with Gasteiger partial charge in [-0.05, 0) is 30.5 Å². The van der Waals surface area contributed by atoms with Crippen molar-refractivity contribution in [2.45, 2.75) is 25.9 Å². The van der Waals surface area contributed by atoms with Crippen molar-refractivity contribution in [1.29, 1.82) is 0 Å². The third-order valence-electron chi connectivity index (χ3n) is 3.77. The van der Waals surface area contributed by atoms with Gasteiger partial charge >= 0.3 is 0 Å². The average Bonchev–Trinajstić information content (AvgIpc) is 2.79. The first kappa shape index (κ1) is 11.1. The van der Waals surface area contributed by atoms with E-state index in [1.165, 1.54) is 23.2 Å². The zero-order valence-electron chi connectivity index (χ0n) is 10.4. The molecule has 1 aromatic rings. The van der Waals surface area contributed by atoms with Crippen molar-refractivity contribution in [2.24, 2.45) is 0 Å². The summed E-state index contributed by atoms with van der Waals surface area (Å²) in [5.74, 6) is 0. The Kier molecular flexibility index (Phi) is 3.04. The second kappa shape index (κ2) is 4.67. The van der Waals surface area contributed by atoms with Gasteiger partial charge in [0.15, 0.2) is 0 Å². The molecule has 1 saturated heterocycles. The molecule has 3 nitrogen and oxygen atoms in total. The molecule has 0 aromatic heterocycles.